The first-order valence-corrected chi connectivity index (χ1v) is 13.7. The molecule has 186 valence electrons. The Hall–Kier alpha value is -3.16. The van der Waals surface area contributed by atoms with Crippen molar-refractivity contribution in [1.29, 1.82) is 0 Å². The maximum absolute atomic E-state index is 12.9. The van der Waals surface area contributed by atoms with Crippen LogP contribution in [0.5, 0.6) is 0 Å². The normalized spacial score (nSPS) is 17.9. The van der Waals surface area contributed by atoms with Gasteiger partial charge in [-0.15, -0.1) is 0 Å². The second-order valence-corrected chi connectivity index (χ2v) is 11.1. The highest BCUT2D eigenvalue weighted by Crippen LogP contribution is 2.26. The van der Waals surface area contributed by atoms with Crippen LogP contribution in [0.15, 0.2) is 71.1 Å². The van der Waals surface area contributed by atoms with E-state index in [4.69, 9.17) is 4.74 Å². The molecular weight excluding hydrogens is 500 g/mol. The number of benzene rings is 1. The summed E-state index contributed by atoms with van der Waals surface area (Å²) < 4.78 is 31.9. The van der Waals surface area contributed by atoms with Gasteiger partial charge in [-0.25, -0.2) is 28.2 Å². The number of carbonyl (C=O) groups excluding carboxylic acids is 1. The van der Waals surface area contributed by atoms with Gasteiger partial charge in [0.1, 0.15) is 11.4 Å². The number of morpholine rings is 1. The molecule has 1 aliphatic heterocycles. The van der Waals surface area contributed by atoms with E-state index in [1.807, 2.05) is 31.2 Å². The SMILES string of the molecule is Cc1ccc(-n2ncc3c(SCC(=O)N=C4C=CC(=S(=O)(O)N5CCOCC5)C=C4)ncnc32)cc1. The molecule has 1 atom stereocenters. The third-order valence-electron chi connectivity index (χ3n) is 5.66. The molecule has 3 heterocycles. The number of aromatic nitrogens is 4. The maximum Gasteiger partial charge on any atom is 0.256 e. The molecule has 1 aromatic carbocycles. The quantitative estimate of drug-likeness (QED) is 0.307. The first kappa shape index (κ1) is 24.5. The number of fused-ring (bicyclic) bond motifs is 1. The summed E-state index contributed by atoms with van der Waals surface area (Å²) in [5.74, 6) is -0.267. The summed E-state index contributed by atoms with van der Waals surface area (Å²) in [6, 6.07) is 7.96. The summed E-state index contributed by atoms with van der Waals surface area (Å²) in [5, 5.41) is 5.84. The Balaban J connectivity index is 1.27. The Bertz CT molecular complexity index is 1490. The second-order valence-electron chi connectivity index (χ2n) is 8.13. The van der Waals surface area contributed by atoms with Crippen LogP contribution in [0.25, 0.3) is 16.7 Å². The van der Waals surface area contributed by atoms with Crippen molar-refractivity contribution in [3.05, 3.63) is 66.7 Å². The third-order valence-corrected chi connectivity index (χ3v) is 8.60. The van der Waals surface area contributed by atoms with E-state index >= 15 is 0 Å². The lowest BCUT2D eigenvalue weighted by Crippen LogP contribution is -2.42. The number of amides is 1. The van der Waals surface area contributed by atoms with Crippen molar-refractivity contribution in [2.24, 2.45) is 4.99 Å². The van der Waals surface area contributed by atoms with Gasteiger partial charge in [-0.2, -0.15) is 5.10 Å². The number of carbonyl (C=O) groups is 1. The zero-order valence-corrected chi connectivity index (χ0v) is 21.1. The molecule has 1 aliphatic carbocycles. The molecule has 1 N–H and O–H groups in total. The van der Waals surface area contributed by atoms with Crippen LogP contribution < -0.4 is 0 Å². The molecule has 1 unspecified atom stereocenters. The molecule has 2 aliphatic rings. The van der Waals surface area contributed by atoms with E-state index in [0.29, 0.717) is 42.7 Å². The standard InChI is InChI=1S/C24H24N6O4S2/c1-17-2-6-19(7-3-17)30-23-21(14-27-30)24(26-16-25-23)35-15-22(31)28-18-4-8-20(9-5-18)36(32,33)29-10-12-34-13-11-29/h2-9,14,16H,10-13,15H2,1H3,(H,32,33). The van der Waals surface area contributed by atoms with Gasteiger partial charge >= 0.3 is 0 Å². The first-order valence-electron chi connectivity index (χ1n) is 11.2. The van der Waals surface area contributed by atoms with Gasteiger partial charge in [0.15, 0.2) is 15.6 Å². The van der Waals surface area contributed by atoms with Crippen LogP contribution in [0.2, 0.25) is 0 Å². The summed E-state index contributed by atoms with van der Waals surface area (Å²) in [4.78, 5) is 25.6. The molecule has 0 radical (unpaired) electrons. The Labute approximate surface area is 212 Å². The van der Waals surface area contributed by atoms with Crippen molar-refractivity contribution >= 4 is 49.3 Å². The van der Waals surface area contributed by atoms with Crippen molar-refractivity contribution < 1.29 is 18.3 Å². The van der Waals surface area contributed by atoms with Crippen LogP contribution in [-0.2, 0) is 19.5 Å². The molecular formula is C24H24N6O4S2. The van der Waals surface area contributed by atoms with Crippen LogP contribution in [0, 0.1) is 6.92 Å². The molecule has 1 amide bonds. The lowest BCUT2D eigenvalue weighted by atomic mass is 10.2. The van der Waals surface area contributed by atoms with E-state index in [2.05, 4.69) is 20.1 Å². The molecule has 0 spiro atoms. The number of hydrogen-bond donors (Lipinski definition) is 1. The molecule has 2 aromatic heterocycles. The van der Waals surface area contributed by atoms with Gasteiger partial charge < -0.3 is 9.29 Å². The first-order chi connectivity index (χ1) is 17.4. The van der Waals surface area contributed by atoms with Crippen molar-refractivity contribution in [2.45, 2.75) is 11.9 Å². The Morgan fingerprint density at radius 3 is 2.58 bits per heavy atom. The number of allylic oxidation sites excluding steroid dienone is 4. The molecule has 0 bridgehead atoms. The van der Waals surface area contributed by atoms with E-state index in [9.17, 15) is 13.6 Å². The zero-order valence-electron chi connectivity index (χ0n) is 19.5. The van der Waals surface area contributed by atoms with E-state index in [0.717, 1.165) is 16.6 Å². The monoisotopic (exact) mass is 524 g/mol. The van der Waals surface area contributed by atoms with Crippen molar-refractivity contribution in [1.82, 2.24) is 24.1 Å². The fourth-order valence-corrected chi connectivity index (χ4v) is 5.94. The Morgan fingerprint density at radius 1 is 1.14 bits per heavy atom. The van der Waals surface area contributed by atoms with Gasteiger partial charge in [0.2, 0.25) is 0 Å². The molecule has 10 nitrogen and oxygen atoms in total. The number of nitrogens with zero attached hydrogens (tertiary/aromatic N) is 6. The summed E-state index contributed by atoms with van der Waals surface area (Å²) in [7, 11) is -3.34. The van der Waals surface area contributed by atoms with Gasteiger partial charge in [0.05, 0.1) is 46.8 Å². The average molecular weight is 525 g/mol. The molecule has 1 fully saturated rings. The third kappa shape index (κ3) is 5.18. The highest BCUT2D eigenvalue weighted by atomic mass is 32.2. The minimum atomic E-state index is -3.34. The fourth-order valence-electron chi connectivity index (χ4n) is 3.76. The van der Waals surface area contributed by atoms with Crippen molar-refractivity contribution in [2.75, 3.05) is 32.1 Å². The predicted octanol–water partition coefficient (Wildman–Crippen LogP) is 2.49. The largest absolute Gasteiger partial charge is 0.379 e. The molecule has 12 heteroatoms. The van der Waals surface area contributed by atoms with Crippen molar-refractivity contribution in [3.63, 3.8) is 0 Å². The van der Waals surface area contributed by atoms with Gasteiger partial charge in [-0.3, -0.25) is 4.79 Å². The number of ether oxygens (including phenoxy) is 1. The molecule has 3 aromatic rings. The van der Waals surface area contributed by atoms with Gasteiger partial charge in [0.25, 0.3) is 5.91 Å². The van der Waals surface area contributed by atoms with Gasteiger partial charge in [-0.05, 0) is 43.4 Å². The van der Waals surface area contributed by atoms with Gasteiger partial charge in [-0.1, -0.05) is 29.5 Å². The maximum atomic E-state index is 12.9. The zero-order chi connectivity index (χ0) is 25.1. The van der Waals surface area contributed by atoms with Crippen LogP contribution in [0.3, 0.4) is 0 Å². The summed E-state index contributed by atoms with van der Waals surface area (Å²) in [6.45, 7) is 3.63. The predicted molar refractivity (Wildman–Crippen MR) is 141 cm³/mol. The van der Waals surface area contributed by atoms with Crippen molar-refractivity contribution in [3.8, 4) is 5.69 Å². The minimum absolute atomic E-state index is 0.0775. The molecule has 0 saturated carbocycles. The lowest BCUT2D eigenvalue weighted by molar-refractivity contribution is -0.115. The van der Waals surface area contributed by atoms with Crippen LogP contribution in [0.1, 0.15) is 5.56 Å². The van der Waals surface area contributed by atoms with E-state index in [-0.39, 0.29) is 16.5 Å². The Kier molecular flexibility index (Phi) is 7.12. The lowest BCUT2D eigenvalue weighted by Gasteiger charge is -2.28. The highest BCUT2D eigenvalue weighted by molar-refractivity contribution is 8.00. The molecule has 1 saturated heterocycles. The summed E-state index contributed by atoms with van der Waals surface area (Å²) in [5.41, 5.74) is 3.12. The van der Waals surface area contributed by atoms with Crippen LogP contribution in [-0.4, -0.2) is 81.4 Å². The number of rotatable bonds is 5. The fraction of sp³-hybridized carbons (Fsp3) is 0.250. The number of thioether (sulfide) groups is 1. The molecule has 5 rings (SSSR count). The second kappa shape index (κ2) is 10.4. The summed E-state index contributed by atoms with van der Waals surface area (Å²) >= 11 is 1.26. The topological polar surface area (TPSA) is 123 Å². The number of aliphatic imine (C=N–C) groups is 1. The van der Waals surface area contributed by atoms with E-state index < -0.39 is 9.99 Å². The summed E-state index contributed by atoms with van der Waals surface area (Å²) in [6.07, 6.45) is 9.36. The number of aryl methyl sites for hydroxylation is 1. The highest BCUT2D eigenvalue weighted by Gasteiger charge is 2.22. The minimum Gasteiger partial charge on any atom is -0.379 e. The van der Waals surface area contributed by atoms with Crippen LogP contribution in [0.4, 0.5) is 0 Å². The van der Waals surface area contributed by atoms with E-state index in [1.54, 1.807) is 23.0 Å². The van der Waals surface area contributed by atoms with Crippen LogP contribution >= 0.6 is 11.8 Å². The molecule has 36 heavy (non-hydrogen) atoms. The number of hydrogen-bond acceptors (Lipinski definition) is 7. The smallest absolute Gasteiger partial charge is 0.256 e. The Morgan fingerprint density at radius 2 is 1.86 bits per heavy atom. The van der Waals surface area contributed by atoms with Gasteiger partial charge in [0, 0.05) is 13.1 Å². The average Bonchev–Trinajstić information content (AvgIpc) is 3.34. The van der Waals surface area contributed by atoms with E-state index in [1.165, 1.54) is 34.5 Å².